The maximum absolute atomic E-state index is 5.61. The Labute approximate surface area is 87.7 Å². The van der Waals surface area contributed by atoms with E-state index in [4.69, 9.17) is 4.74 Å². The van der Waals surface area contributed by atoms with Crippen molar-refractivity contribution in [3.63, 3.8) is 0 Å². The number of hydrogen-bond acceptors (Lipinski definition) is 2. The maximum Gasteiger partial charge on any atom is 0.0671 e. The Balaban J connectivity index is 1.96. The van der Waals surface area contributed by atoms with Gasteiger partial charge >= 0.3 is 0 Å². The van der Waals surface area contributed by atoms with Crippen LogP contribution in [0.25, 0.3) is 0 Å². The van der Waals surface area contributed by atoms with Crippen LogP contribution in [0.15, 0.2) is 12.7 Å². The van der Waals surface area contributed by atoms with Gasteiger partial charge in [-0.1, -0.05) is 18.9 Å². The smallest absolute Gasteiger partial charge is 0.0671 e. The van der Waals surface area contributed by atoms with Crippen LogP contribution in [-0.4, -0.2) is 25.3 Å². The Hall–Kier alpha value is -0.340. The largest absolute Gasteiger partial charge is 0.377 e. The molecule has 1 N–H and O–H groups in total. The Morgan fingerprint density at radius 1 is 1.50 bits per heavy atom. The zero-order valence-corrected chi connectivity index (χ0v) is 9.30. The molecule has 1 unspecified atom stereocenters. The summed E-state index contributed by atoms with van der Waals surface area (Å²) in [7, 11) is 0. The molecule has 2 nitrogen and oxygen atoms in total. The van der Waals surface area contributed by atoms with Crippen molar-refractivity contribution < 1.29 is 4.74 Å². The molecule has 1 aliphatic rings. The summed E-state index contributed by atoms with van der Waals surface area (Å²) in [5, 5.41) is 3.56. The number of nitrogens with one attached hydrogen (secondary N) is 1. The minimum absolute atomic E-state index is 0.329. The summed E-state index contributed by atoms with van der Waals surface area (Å²) < 4.78 is 5.61. The number of ether oxygens (including phenoxy) is 1. The molecule has 0 aliphatic heterocycles. The highest BCUT2D eigenvalue weighted by Crippen LogP contribution is 2.17. The van der Waals surface area contributed by atoms with E-state index in [1.807, 2.05) is 6.08 Å². The van der Waals surface area contributed by atoms with Gasteiger partial charge in [-0.2, -0.15) is 0 Å². The van der Waals surface area contributed by atoms with Crippen molar-refractivity contribution >= 4 is 0 Å². The Morgan fingerprint density at radius 3 is 2.86 bits per heavy atom. The van der Waals surface area contributed by atoms with Gasteiger partial charge in [-0.05, 0) is 26.2 Å². The second-order valence-corrected chi connectivity index (χ2v) is 4.15. The van der Waals surface area contributed by atoms with Crippen LogP contribution in [0.2, 0.25) is 0 Å². The van der Waals surface area contributed by atoms with Crippen molar-refractivity contribution in [3.8, 4) is 0 Å². The lowest BCUT2D eigenvalue weighted by Gasteiger charge is -2.17. The topological polar surface area (TPSA) is 21.3 Å². The molecule has 1 saturated carbocycles. The lowest BCUT2D eigenvalue weighted by Crippen LogP contribution is -2.33. The predicted octanol–water partition coefficient (Wildman–Crippen LogP) is 2.50. The first-order valence-electron chi connectivity index (χ1n) is 5.79. The lowest BCUT2D eigenvalue weighted by molar-refractivity contribution is 0.0674. The van der Waals surface area contributed by atoms with E-state index in [1.165, 1.54) is 25.7 Å². The molecule has 1 atom stereocenters. The molecule has 14 heavy (non-hydrogen) atoms. The zero-order chi connectivity index (χ0) is 10.2. The average molecular weight is 197 g/mol. The van der Waals surface area contributed by atoms with Gasteiger partial charge < -0.3 is 10.1 Å². The molecule has 0 aromatic rings. The Kier molecular flexibility index (Phi) is 5.88. The molecular formula is C12H23NO. The normalized spacial score (nSPS) is 19.8. The first-order chi connectivity index (χ1) is 6.83. The molecule has 1 aliphatic carbocycles. The third-order valence-corrected chi connectivity index (χ3v) is 2.77. The van der Waals surface area contributed by atoms with Crippen LogP contribution >= 0.6 is 0 Å². The van der Waals surface area contributed by atoms with Gasteiger partial charge in [0.2, 0.25) is 0 Å². The van der Waals surface area contributed by atoms with E-state index < -0.39 is 0 Å². The molecule has 1 rings (SSSR count). The van der Waals surface area contributed by atoms with Crippen LogP contribution < -0.4 is 5.32 Å². The van der Waals surface area contributed by atoms with Gasteiger partial charge in [0, 0.05) is 12.6 Å². The maximum atomic E-state index is 5.61. The van der Waals surface area contributed by atoms with E-state index in [1.54, 1.807) is 0 Å². The van der Waals surface area contributed by atoms with Crippen LogP contribution in [0.5, 0.6) is 0 Å². The molecule has 0 aromatic heterocycles. The summed E-state index contributed by atoms with van der Waals surface area (Å²) in [6.07, 6.45) is 8.66. The third-order valence-electron chi connectivity index (χ3n) is 2.77. The second-order valence-electron chi connectivity index (χ2n) is 4.15. The van der Waals surface area contributed by atoms with Gasteiger partial charge in [0.25, 0.3) is 0 Å². The van der Waals surface area contributed by atoms with Gasteiger partial charge in [-0.3, -0.25) is 0 Å². The fourth-order valence-corrected chi connectivity index (χ4v) is 1.87. The highest BCUT2D eigenvalue weighted by atomic mass is 16.5. The molecule has 0 aromatic carbocycles. The molecular weight excluding hydrogens is 174 g/mol. The van der Waals surface area contributed by atoms with Crippen molar-refractivity contribution in [2.75, 3.05) is 13.2 Å². The van der Waals surface area contributed by atoms with Gasteiger partial charge in [0.05, 0.1) is 12.7 Å². The SMILES string of the molecule is C=CCCOC(C)CNC1CCCC1. The van der Waals surface area contributed by atoms with E-state index in [9.17, 15) is 0 Å². The Bertz CT molecular complexity index is 152. The lowest BCUT2D eigenvalue weighted by atomic mass is 10.2. The fourth-order valence-electron chi connectivity index (χ4n) is 1.87. The standard InChI is InChI=1S/C12H23NO/c1-3-4-9-14-11(2)10-13-12-7-5-6-8-12/h3,11-13H,1,4-10H2,2H3. The van der Waals surface area contributed by atoms with Crippen LogP contribution in [0, 0.1) is 0 Å². The second kappa shape index (κ2) is 7.02. The van der Waals surface area contributed by atoms with Gasteiger partial charge in [0.15, 0.2) is 0 Å². The van der Waals surface area contributed by atoms with Gasteiger partial charge in [0.1, 0.15) is 0 Å². The zero-order valence-electron chi connectivity index (χ0n) is 9.30. The van der Waals surface area contributed by atoms with E-state index in [2.05, 4.69) is 18.8 Å². The van der Waals surface area contributed by atoms with Gasteiger partial charge in [-0.15, -0.1) is 6.58 Å². The number of rotatable bonds is 7. The number of hydrogen-bond donors (Lipinski definition) is 1. The Morgan fingerprint density at radius 2 is 2.21 bits per heavy atom. The van der Waals surface area contributed by atoms with Crippen LogP contribution in [0.1, 0.15) is 39.0 Å². The molecule has 2 heteroatoms. The molecule has 0 saturated heterocycles. The highest BCUT2D eigenvalue weighted by Gasteiger charge is 2.14. The van der Waals surface area contributed by atoms with Crippen LogP contribution in [-0.2, 0) is 4.74 Å². The first kappa shape index (κ1) is 11.7. The summed E-state index contributed by atoms with van der Waals surface area (Å²) in [5.74, 6) is 0. The summed E-state index contributed by atoms with van der Waals surface area (Å²) in [5.41, 5.74) is 0. The average Bonchev–Trinajstić information content (AvgIpc) is 2.68. The van der Waals surface area contributed by atoms with Crippen molar-refractivity contribution in [1.82, 2.24) is 5.32 Å². The summed E-state index contributed by atoms with van der Waals surface area (Å²) in [6.45, 7) is 7.59. The molecule has 82 valence electrons. The monoisotopic (exact) mass is 197 g/mol. The van der Waals surface area contributed by atoms with E-state index >= 15 is 0 Å². The van der Waals surface area contributed by atoms with Crippen molar-refractivity contribution in [2.24, 2.45) is 0 Å². The quantitative estimate of drug-likeness (QED) is 0.500. The molecule has 0 amide bonds. The summed E-state index contributed by atoms with van der Waals surface area (Å²) in [4.78, 5) is 0. The minimum Gasteiger partial charge on any atom is -0.377 e. The van der Waals surface area contributed by atoms with E-state index in [-0.39, 0.29) is 0 Å². The van der Waals surface area contributed by atoms with E-state index in [0.717, 1.165) is 25.6 Å². The molecule has 0 bridgehead atoms. The minimum atomic E-state index is 0.329. The van der Waals surface area contributed by atoms with Crippen LogP contribution in [0.4, 0.5) is 0 Å². The van der Waals surface area contributed by atoms with Gasteiger partial charge in [-0.25, -0.2) is 0 Å². The van der Waals surface area contributed by atoms with Crippen molar-refractivity contribution in [1.29, 1.82) is 0 Å². The molecule has 0 radical (unpaired) electrons. The van der Waals surface area contributed by atoms with Crippen molar-refractivity contribution in [2.45, 2.75) is 51.2 Å². The molecule has 0 heterocycles. The summed E-state index contributed by atoms with van der Waals surface area (Å²) in [6, 6.07) is 0.750. The van der Waals surface area contributed by atoms with Crippen LogP contribution in [0.3, 0.4) is 0 Å². The van der Waals surface area contributed by atoms with Crippen molar-refractivity contribution in [3.05, 3.63) is 12.7 Å². The predicted molar refractivity (Wildman–Crippen MR) is 60.5 cm³/mol. The summed E-state index contributed by atoms with van der Waals surface area (Å²) >= 11 is 0. The highest BCUT2D eigenvalue weighted by molar-refractivity contribution is 4.74. The third kappa shape index (κ3) is 4.77. The molecule has 1 fully saturated rings. The molecule has 0 spiro atoms. The fraction of sp³-hybridized carbons (Fsp3) is 0.833. The van der Waals surface area contributed by atoms with E-state index in [0.29, 0.717) is 6.10 Å². The first-order valence-corrected chi connectivity index (χ1v) is 5.79.